The Hall–Kier alpha value is -1.65. The Labute approximate surface area is 157 Å². The summed E-state index contributed by atoms with van der Waals surface area (Å²) in [6, 6.07) is 9.75. The smallest absolute Gasteiger partial charge is 0.0641 e. The molecule has 0 bridgehead atoms. The second kappa shape index (κ2) is 7.53. The zero-order valence-corrected chi connectivity index (χ0v) is 16.5. The zero-order valence-electron chi connectivity index (χ0n) is 16.5. The molecular weight excluding hydrogens is 320 g/mol. The van der Waals surface area contributed by atoms with E-state index in [1.807, 2.05) is 0 Å². The van der Waals surface area contributed by atoms with Crippen LogP contribution in [0.3, 0.4) is 0 Å². The molecule has 0 N–H and O–H groups in total. The molecule has 1 aromatic heterocycles. The summed E-state index contributed by atoms with van der Waals surface area (Å²) in [6.45, 7) is 13.3. The molecule has 4 rings (SSSR count). The molecular formula is C22H32N4. The highest BCUT2D eigenvalue weighted by Gasteiger charge is 2.27. The van der Waals surface area contributed by atoms with Crippen LogP contribution in [-0.2, 0) is 25.9 Å². The highest BCUT2D eigenvalue weighted by atomic mass is 15.3. The molecule has 1 aliphatic carbocycles. The van der Waals surface area contributed by atoms with E-state index in [9.17, 15) is 0 Å². The molecule has 2 aliphatic rings. The molecule has 1 fully saturated rings. The third-order valence-electron chi connectivity index (χ3n) is 6.46. The van der Waals surface area contributed by atoms with Crippen LogP contribution in [0.25, 0.3) is 0 Å². The van der Waals surface area contributed by atoms with Crippen molar-refractivity contribution in [3.05, 3.63) is 52.3 Å². The van der Waals surface area contributed by atoms with Gasteiger partial charge in [-0.15, -0.1) is 0 Å². The Balaban J connectivity index is 1.34. The van der Waals surface area contributed by atoms with Gasteiger partial charge in [0.15, 0.2) is 0 Å². The van der Waals surface area contributed by atoms with Crippen molar-refractivity contribution in [3.8, 4) is 0 Å². The number of hydrogen-bond donors (Lipinski definition) is 0. The minimum atomic E-state index is 0.735. The van der Waals surface area contributed by atoms with E-state index in [2.05, 4.69) is 64.6 Å². The molecule has 26 heavy (non-hydrogen) atoms. The van der Waals surface area contributed by atoms with Crippen LogP contribution in [0.5, 0.6) is 0 Å². The zero-order chi connectivity index (χ0) is 18.1. The molecule has 0 radical (unpaired) electrons. The van der Waals surface area contributed by atoms with Crippen molar-refractivity contribution >= 4 is 0 Å². The molecule has 2 aromatic rings. The molecule has 1 saturated heterocycles. The first-order chi connectivity index (χ1) is 12.7. The fraction of sp³-hybridized carbons (Fsp3) is 0.591. The maximum atomic E-state index is 4.68. The van der Waals surface area contributed by atoms with Gasteiger partial charge in [-0.3, -0.25) is 14.5 Å². The van der Waals surface area contributed by atoms with Gasteiger partial charge in [0.05, 0.1) is 5.69 Å². The number of piperazine rings is 1. The number of aryl methyl sites for hydroxylation is 3. The molecule has 4 nitrogen and oxygen atoms in total. The fourth-order valence-electron chi connectivity index (χ4n) is 4.77. The Morgan fingerprint density at radius 3 is 2.46 bits per heavy atom. The van der Waals surface area contributed by atoms with Crippen LogP contribution in [0, 0.1) is 13.8 Å². The summed E-state index contributed by atoms with van der Waals surface area (Å²) in [5.74, 6) is 0. The third-order valence-corrected chi connectivity index (χ3v) is 6.46. The van der Waals surface area contributed by atoms with Gasteiger partial charge >= 0.3 is 0 Å². The lowest BCUT2D eigenvalue weighted by Crippen LogP contribution is -2.51. The topological polar surface area (TPSA) is 24.3 Å². The molecule has 2 heterocycles. The van der Waals surface area contributed by atoms with Crippen molar-refractivity contribution in [2.24, 2.45) is 0 Å². The fourth-order valence-corrected chi connectivity index (χ4v) is 4.77. The van der Waals surface area contributed by atoms with Crippen molar-refractivity contribution in [1.82, 2.24) is 19.6 Å². The summed E-state index contributed by atoms with van der Waals surface area (Å²) in [5.41, 5.74) is 7.13. The number of rotatable bonds is 4. The van der Waals surface area contributed by atoms with Crippen molar-refractivity contribution in [2.45, 2.75) is 59.2 Å². The van der Waals surface area contributed by atoms with E-state index in [4.69, 9.17) is 0 Å². The summed E-state index contributed by atoms with van der Waals surface area (Å²) in [7, 11) is 0. The quantitative estimate of drug-likeness (QED) is 0.845. The third kappa shape index (κ3) is 3.45. The van der Waals surface area contributed by atoms with Gasteiger partial charge in [0, 0.05) is 56.6 Å². The lowest BCUT2D eigenvalue weighted by molar-refractivity contribution is 0.0854. The first-order valence-electron chi connectivity index (χ1n) is 10.2. The summed E-state index contributed by atoms with van der Waals surface area (Å²) in [6.07, 6.45) is 3.80. The number of nitrogens with zero attached hydrogens (tertiary/aromatic N) is 4. The Bertz CT molecular complexity index is 755. The van der Waals surface area contributed by atoms with Crippen LogP contribution < -0.4 is 0 Å². The van der Waals surface area contributed by atoms with E-state index in [0.29, 0.717) is 0 Å². The Morgan fingerprint density at radius 2 is 1.77 bits per heavy atom. The van der Waals surface area contributed by atoms with Crippen molar-refractivity contribution in [2.75, 3.05) is 26.2 Å². The molecule has 1 atom stereocenters. The highest BCUT2D eigenvalue weighted by molar-refractivity contribution is 5.30. The molecule has 0 saturated carbocycles. The first-order valence-corrected chi connectivity index (χ1v) is 10.2. The van der Waals surface area contributed by atoms with Gasteiger partial charge in [-0.2, -0.15) is 5.10 Å². The van der Waals surface area contributed by atoms with E-state index in [0.717, 1.165) is 19.1 Å². The van der Waals surface area contributed by atoms with Gasteiger partial charge < -0.3 is 0 Å². The van der Waals surface area contributed by atoms with Gasteiger partial charge in [0.2, 0.25) is 0 Å². The second-order valence-corrected chi connectivity index (χ2v) is 7.94. The molecule has 4 heteroatoms. The van der Waals surface area contributed by atoms with Crippen LogP contribution in [0.4, 0.5) is 0 Å². The summed E-state index contributed by atoms with van der Waals surface area (Å²) >= 11 is 0. The van der Waals surface area contributed by atoms with Crippen LogP contribution in [0.1, 0.15) is 41.4 Å². The predicted molar refractivity (Wildman–Crippen MR) is 106 cm³/mol. The lowest BCUT2D eigenvalue weighted by atomic mass is 9.87. The standard InChI is InChI=1S/C22H32N4/c1-4-26-18(3)22(17(2)23-26)16-24-11-13-25(14-12-24)21-10-9-19-7-5-6-8-20(19)15-21/h5-8,21H,4,9-16H2,1-3H3/t21-/m0/s1. The summed E-state index contributed by atoms with van der Waals surface area (Å²) < 4.78 is 2.14. The van der Waals surface area contributed by atoms with Gasteiger partial charge in [0.1, 0.15) is 0 Å². The number of benzene rings is 1. The largest absolute Gasteiger partial charge is 0.298 e. The van der Waals surface area contributed by atoms with Gasteiger partial charge in [-0.05, 0) is 51.2 Å². The average Bonchev–Trinajstić information content (AvgIpc) is 2.96. The summed E-state index contributed by atoms with van der Waals surface area (Å²) in [4.78, 5) is 5.35. The number of aromatic nitrogens is 2. The maximum absolute atomic E-state index is 4.68. The van der Waals surface area contributed by atoms with Gasteiger partial charge in [-0.1, -0.05) is 24.3 Å². The Morgan fingerprint density at radius 1 is 1.04 bits per heavy atom. The van der Waals surface area contributed by atoms with Crippen LogP contribution in [-0.4, -0.2) is 51.8 Å². The van der Waals surface area contributed by atoms with Crippen molar-refractivity contribution in [1.29, 1.82) is 0 Å². The Kier molecular flexibility index (Phi) is 5.14. The van der Waals surface area contributed by atoms with Crippen LogP contribution >= 0.6 is 0 Å². The first kappa shape index (κ1) is 17.7. The highest BCUT2D eigenvalue weighted by Crippen LogP contribution is 2.25. The van der Waals surface area contributed by atoms with E-state index in [1.54, 1.807) is 11.1 Å². The number of fused-ring (bicyclic) bond motifs is 1. The monoisotopic (exact) mass is 352 g/mol. The lowest BCUT2D eigenvalue weighted by Gasteiger charge is -2.41. The van der Waals surface area contributed by atoms with E-state index in [1.165, 1.54) is 62.4 Å². The van der Waals surface area contributed by atoms with Gasteiger partial charge in [0.25, 0.3) is 0 Å². The minimum absolute atomic E-state index is 0.735. The minimum Gasteiger partial charge on any atom is -0.298 e. The van der Waals surface area contributed by atoms with Gasteiger partial charge in [-0.25, -0.2) is 0 Å². The van der Waals surface area contributed by atoms with Crippen molar-refractivity contribution in [3.63, 3.8) is 0 Å². The molecule has 140 valence electrons. The maximum Gasteiger partial charge on any atom is 0.0641 e. The van der Waals surface area contributed by atoms with E-state index >= 15 is 0 Å². The van der Waals surface area contributed by atoms with Crippen LogP contribution in [0.15, 0.2) is 24.3 Å². The molecule has 0 unspecified atom stereocenters. The van der Waals surface area contributed by atoms with E-state index < -0.39 is 0 Å². The second-order valence-electron chi connectivity index (χ2n) is 7.94. The normalized spacial score (nSPS) is 21.7. The molecule has 1 aliphatic heterocycles. The van der Waals surface area contributed by atoms with E-state index in [-0.39, 0.29) is 0 Å². The van der Waals surface area contributed by atoms with Crippen LogP contribution in [0.2, 0.25) is 0 Å². The molecule has 1 aromatic carbocycles. The number of hydrogen-bond acceptors (Lipinski definition) is 3. The summed E-state index contributed by atoms with van der Waals surface area (Å²) in [5, 5.41) is 4.68. The average molecular weight is 353 g/mol. The SMILES string of the molecule is CCn1nc(C)c(CN2CCN([C@H]3CCc4ccccc4C3)CC2)c1C. The van der Waals surface area contributed by atoms with Crippen molar-refractivity contribution < 1.29 is 0 Å². The molecule has 0 spiro atoms. The predicted octanol–water partition coefficient (Wildman–Crippen LogP) is 3.19. The molecule has 0 amide bonds.